The number of hydrogen-bond acceptors (Lipinski definition) is 0. The Hall–Kier alpha value is -0.0348. The number of benzene rings is 2. The van der Waals surface area contributed by atoms with Crippen molar-refractivity contribution < 1.29 is 75.7 Å². The van der Waals surface area contributed by atoms with Crippen LogP contribution in [0, 0.1) is 54.0 Å². The molecule has 0 radical (unpaired) electrons. The van der Waals surface area contributed by atoms with Crippen LogP contribution < -0.4 is 58.2 Å². The molecule has 2 aromatic carbocycles. The van der Waals surface area contributed by atoms with Gasteiger partial charge in [0.1, 0.15) is 0 Å². The van der Waals surface area contributed by atoms with E-state index in [1.54, 1.807) is 25.1 Å². The van der Waals surface area contributed by atoms with Crippen LogP contribution in [0.25, 0.3) is 0 Å². The molecule has 0 amide bonds. The van der Waals surface area contributed by atoms with Gasteiger partial charge in [-0.1, -0.05) is 12.1 Å². The van der Waals surface area contributed by atoms with Crippen LogP contribution in [-0.2, 0) is 6.42 Å². The van der Waals surface area contributed by atoms with Crippen molar-refractivity contribution in [1.29, 1.82) is 0 Å². The van der Waals surface area contributed by atoms with E-state index in [1.807, 2.05) is 0 Å². The molecule has 2 saturated carbocycles. The molecule has 2 aliphatic carbocycles. The molecule has 0 atom stereocenters. The average molecular weight is 503 g/mol. The molecule has 2 fully saturated rings. The minimum atomic E-state index is -0.886. The van der Waals surface area contributed by atoms with Gasteiger partial charge in [0, 0.05) is 11.6 Å². The van der Waals surface area contributed by atoms with Crippen molar-refractivity contribution >= 4 is 0 Å². The molecular formula is C26H29F4Rb. The van der Waals surface area contributed by atoms with Gasteiger partial charge in [-0.3, -0.25) is 4.39 Å². The summed E-state index contributed by atoms with van der Waals surface area (Å²) in [5, 5.41) is 0. The van der Waals surface area contributed by atoms with Gasteiger partial charge in [0.15, 0.2) is 11.6 Å². The second-order valence-corrected chi connectivity index (χ2v) is 9.33. The van der Waals surface area contributed by atoms with Crippen molar-refractivity contribution in [2.24, 2.45) is 17.8 Å². The molecule has 0 spiro atoms. The molecule has 2 aliphatic rings. The van der Waals surface area contributed by atoms with Gasteiger partial charge in [-0.25, -0.2) is 13.2 Å². The minimum Gasteiger partial charge on any atom is -0.281 e. The molecule has 0 N–H and O–H groups in total. The van der Waals surface area contributed by atoms with Crippen molar-refractivity contribution in [2.75, 3.05) is 0 Å². The summed E-state index contributed by atoms with van der Waals surface area (Å²) in [5.41, 5.74) is 1.36. The first-order valence-electron chi connectivity index (χ1n) is 11.2. The van der Waals surface area contributed by atoms with Crippen LogP contribution in [0.1, 0.15) is 74.0 Å². The van der Waals surface area contributed by atoms with Crippen molar-refractivity contribution in [2.45, 2.75) is 70.6 Å². The molecule has 162 valence electrons. The van der Waals surface area contributed by atoms with Gasteiger partial charge in [0.2, 0.25) is 0 Å². The molecule has 0 nitrogen and oxygen atoms in total. The van der Waals surface area contributed by atoms with Crippen molar-refractivity contribution in [3.05, 3.63) is 70.3 Å². The SMILES string of the molecule is Cc1ccc(C2CCC(C3CCC(Cc4cc[c-]c(F)c4F)CC3)CC2)c(F)c1F.[Rb+]. The van der Waals surface area contributed by atoms with Gasteiger partial charge >= 0.3 is 58.2 Å². The predicted molar refractivity (Wildman–Crippen MR) is 110 cm³/mol. The van der Waals surface area contributed by atoms with E-state index >= 15 is 0 Å². The van der Waals surface area contributed by atoms with E-state index in [4.69, 9.17) is 0 Å². The molecule has 0 saturated heterocycles. The topological polar surface area (TPSA) is 0 Å². The van der Waals surface area contributed by atoms with Gasteiger partial charge in [-0.15, -0.1) is 11.6 Å². The van der Waals surface area contributed by atoms with Crippen LogP contribution in [0.5, 0.6) is 0 Å². The van der Waals surface area contributed by atoms with E-state index in [9.17, 15) is 17.6 Å². The Balaban J connectivity index is 0.00000272. The van der Waals surface area contributed by atoms with Crippen LogP contribution in [0.15, 0.2) is 24.3 Å². The van der Waals surface area contributed by atoms with Gasteiger partial charge < -0.3 is 0 Å². The van der Waals surface area contributed by atoms with E-state index in [0.717, 1.165) is 51.4 Å². The quantitative estimate of drug-likeness (QED) is 0.421. The smallest absolute Gasteiger partial charge is 0.281 e. The summed E-state index contributed by atoms with van der Waals surface area (Å²) in [5.74, 6) is -1.20. The Morgan fingerprint density at radius 3 is 2.03 bits per heavy atom. The second kappa shape index (κ2) is 11.4. The molecule has 4 rings (SSSR count). The van der Waals surface area contributed by atoms with Crippen molar-refractivity contribution in [3.8, 4) is 0 Å². The van der Waals surface area contributed by atoms with Crippen LogP contribution in [0.3, 0.4) is 0 Å². The molecule has 2 aromatic rings. The standard InChI is InChI=1S/C26H29F4.Rb/c1-16-5-14-22(26(30)24(16)28)20-12-10-19(11-13-20)18-8-6-17(7-9-18)15-21-3-2-4-23(27)25(21)29;/h2-3,5,14,17-20H,6-13,15H2,1H3;/q-1;+1. The Kier molecular flexibility index (Phi) is 9.41. The molecular weight excluding hydrogens is 474 g/mol. The first kappa shape index (κ1) is 25.6. The molecule has 5 heteroatoms. The third kappa shape index (κ3) is 5.91. The van der Waals surface area contributed by atoms with Crippen LogP contribution in [0.2, 0.25) is 0 Å². The largest absolute Gasteiger partial charge is 1.00 e. The maximum atomic E-state index is 14.3. The van der Waals surface area contributed by atoms with E-state index in [0.29, 0.717) is 40.9 Å². The van der Waals surface area contributed by atoms with Crippen LogP contribution >= 0.6 is 0 Å². The molecule has 31 heavy (non-hydrogen) atoms. The minimum absolute atomic E-state index is 0. The zero-order valence-corrected chi connectivity index (χ0v) is 23.4. The Bertz CT molecular complexity index is 881. The van der Waals surface area contributed by atoms with Crippen LogP contribution in [-0.4, -0.2) is 0 Å². The summed E-state index contributed by atoms with van der Waals surface area (Å²) in [6, 6.07) is 8.80. The summed E-state index contributed by atoms with van der Waals surface area (Å²) in [4.78, 5) is 0. The monoisotopic (exact) mass is 502 g/mol. The maximum Gasteiger partial charge on any atom is 1.00 e. The van der Waals surface area contributed by atoms with Gasteiger partial charge in [0.05, 0.1) is 0 Å². The summed E-state index contributed by atoms with van der Waals surface area (Å²) < 4.78 is 55.6. The zero-order valence-electron chi connectivity index (χ0n) is 18.5. The van der Waals surface area contributed by atoms with Crippen molar-refractivity contribution in [3.63, 3.8) is 0 Å². The molecule has 0 unspecified atom stereocenters. The predicted octanol–water partition coefficient (Wildman–Crippen LogP) is 4.68. The van der Waals surface area contributed by atoms with Crippen LogP contribution in [0.4, 0.5) is 17.6 Å². The fourth-order valence-corrected chi connectivity index (χ4v) is 5.70. The molecule has 0 aliphatic heterocycles. The molecule has 0 aromatic heterocycles. The number of rotatable bonds is 4. The third-order valence-electron chi connectivity index (χ3n) is 7.55. The summed E-state index contributed by atoms with van der Waals surface area (Å²) in [6.07, 6.45) is 8.86. The normalized spacial score (nSPS) is 26.4. The molecule has 0 bridgehead atoms. The summed E-state index contributed by atoms with van der Waals surface area (Å²) in [7, 11) is 0. The fourth-order valence-electron chi connectivity index (χ4n) is 5.70. The third-order valence-corrected chi connectivity index (χ3v) is 7.55. The Labute approximate surface area is 232 Å². The Morgan fingerprint density at radius 2 is 1.39 bits per heavy atom. The maximum absolute atomic E-state index is 14.3. The van der Waals surface area contributed by atoms with Crippen molar-refractivity contribution in [1.82, 2.24) is 0 Å². The summed E-state index contributed by atoms with van der Waals surface area (Å²) >= 11 is 0. The average Bonchev–Trinajstić information content (AvgIpc) is 2.76. The first-order chi connectivity index (χ1) is 14.4. The zero-order chi connectivity index (χ0) is 21.3. The Morgan fingerprint density at radius 1 is 0.774 bits per heavy atom. The van der Waals surface area contributed by atoms with E-state index in [2.05, 4.69) is 6.07 Å². The van der Waals surface area contributed by atoms with Gasteiger partial charge in [-0.05, 0) is 99.5 Å². The van der Waals surface area contributed by atoms with E-state index in [1.165, 1.54) is 6.07 Å². The number of hydrogen-bond donors (Lipinski definition) is 0. The summed E-state index contributed by atoms with van der Waals surface area (Å²) in [6.45, 7) is 1.59. The molecule has 0 heterocycles. The van der Waals surface area contributed by atoms with E-state index < -0.39 is 23.3 Å². The number of aryl methyl sites for hydroxylation is 1. The van der Waals surface area contributed by atoms with Gasteiger partial charge in [-0.2, -0.15) is 12.1 Å². The van der Waals surface area contributed by atoms with E-state index in [-0.39, 0.29) is 64.1 Å². The first-order valence-corrected chi connectivity index (χ1v) is 11.2. The number of halogens is 4. The second-order valence-electron chi connectivity index (χ2n) is 9.33. The fraction of sp³-hybridized carbons (Fsp3) is 0.538. The van der Waals surface area contributed by atoms with Gasteiger partial charge in [0.25, 0.3) is 0 Å².